The fraction of sp³-hybridized carbons (Fsp3) is 0.538. The highest BCUT2D eigenvalue weighted by atomic mass is 32.2. The predicted molar refractivity (Wildman–Crippen MR) is 73.2 cm³/mol. The van der Waals surface area contributed by atoms with Crippen LogP contribution in [0.2, 0.25) is 0 Å². The summed E-state index contributed by atoms with van der Waals surface area (Å²) in [5.74, 6) is 0. The van der Waals surface area contributed by atoms with Crippen LogP contribution in [0, 0.1) is 6.92 Å². The van der Waals surface area contributed by atoms with Crippen LogP contribution in [0.1, 0.15) is 5.56 Å². The van der Waals surface area contributed by atoms with Crippen molar-refractivity contribution in [2.75, 3.05) is 6.61 Å². The van der Waals surface area contributed by atoms with Crippen molar-refractivity contribution >= 4 is 10.1 Å². The molecular formula is C13H18O8S. The molecular weight excluding hydrogens is 316 g/mol. The van der Waals surface area contributed by atoms with Crippen molar-refractivity contribution in [3.63, 3.8) is 0 Å². The minimum absolute atomic E-state index is 0.0652. The molecule has 0 spiro atoms. The lowest BCUT2D eigenvalue weighted by atomic mass is 10.00. The molecule has 1 aromatic rings. The number of aliphatic hydroxyl groups excluding tert-OH is 4. The van der Waals surface area contributed by atoms with Gasteiger partial charge in [-0.3, -0.25) is 4.18 Å². The second-order valence-corrected chi connectivity index (χ2v) is 6.70. The molecule has 9 heteroatoms. The predicted octanol–water partition coefficient (Wildman–Crippen LogP) is -1.50. The Morgan fingerprint density at radius 3 is 2.23 bits per heavy atom. The molecule has 0 saturated carbocycles. The first kappa shape index (κ1) is 17.3. The van der Waals surface area contributed by atoms with Crippen molar-refractivity contribution < 1.29 is 37.8 Å². The van der Waals surface area contributed by atoms with Crippen molar-refractivity contribution in [3.8, 4) is 0 Å². The molecule has 124 valence electrons. The maximum absolute atomic E-state index is 12.0. The zero-order chi connectivity index (χ0) is 16.5. The van der Waals surface area contributed by atoms with Crippen LogP contribution in [-0.4, -0.2) is 66.2 Å². The van der Waals surface area contributed by atoms with E-state index < -0.39 is 47.4 Å². The van der Waals surface area contributed by atoms with Crippen LogP contribution in [0.4, 0.5) is 0 Å². The summed E-state index contributed by atoms with van der Waals surface area (Å²) < 4.78 is 33.6. The molecule has 4 N–H and O–H groups in total. The summed E-state index contributed by atoms with van der Waals surface area (Å²) in [6.45, 7) is 1.19. The Morgan fingerprint density at radius 2 is 1.64 bits per heavy atom. The number of hydrogen-bond acceptors (Lipinski definition) is 8. The Bertz CT molecular complexity index is 599. The normalized spacial score (nSPS) is 32.9. The largest absolute Gasteiger partial charge is 0.387 e. The number of aliphatic hydroxyl groups is 4. The standard InChI is InChI=1S/C13H18O8S/c1-7-2-4-8(5-3-7)22(18,19)20-6-9-10(14)11(15)12(16)13(17)21-9/h2-5,9-17H,6H2,1H3/t9?,10-,11?,12?,13+/m0/s1. The highest BCUT2D eigenvalue weighted by Gasteiger charge is 2.43. The second kappa shape index (κ2) is 6.59. The molecule has 2 rings (SSSR count). The lowest BCUT2D eigenvalue weighted by Gasteiger charge is -2.37. The van der Waals surface area contributed by atoms with Crippen molar-refractivity contribution in [1.82, 2.24) is 0 Å². The van der Waals surface area contributed by atoms with E-state index in [2.05, 4.69) is 0 Å². The van der Waals surface area contributed by atoms with E-state index in [1.807, 2.05) is 0 Å². The Balaban J connectivity index is 2.04. The van der Waals surface area contributed by atoms with Gasteiger partial charge in [-0.05, 0) is 19.1 Å². The zero-order valence-corrected chi connectivity index (χ0v) is 12.5. The molecule has 1 aliphatic rings. The van der Waals surface area contributed by atoms with E-state index in [9.17, 15) is 28.8 Å². The van der Waals surface area contributed by atoms with Crippen LogP contribution < -0.4 is 0 Å². The van der Waals surface area contributed by atoms with Gasteiger partial charge in [0.15, 0.2) is 6.29 Å². The van der Waals surface area contributed by atoms with Crippen LogP contribution in [0.25, 0.3) is 0 Å². The molecule has 1 aromatic carbocycles. The first-order valence-electron chi connectivity index (χ1n) is 6.56. The van der Waals surface area contributed by atoms with Crippen molar-refractivity contribution in [2.45, 2.75) is 42.5 Å². The molecule has 22 heavy (non-hydrogen) atoms. The van der Waals surface area contributed by atoms with E-state index in [0.29, 0.717) is 0 Å². The molecule has 3 unspecified atom stereocenters. The van der Waals surface area contributed by atoms with E-state index >= 15 is 0 Å². The Kier molecular flexibility index (Phi) is 5.17. The maximum atomic E-state index is 12.0. The topological polar surface area (TPSA) is 134 Å². The molecule has 1 saturated heterocycles. The van der Waals surface area contributed by atoms with Crippen LogP contribution >= 0.6 is 0 Å². The highest BCUT2D eigenvalue weighted by molar-refractivity contribution is 7.86. The molecule has 1 aliphatic heterocycles. The fourth-order valence-corrected chi connectivity index (χ4v) is 2.92. The summed E-state index contributed by atoms with van der Waals surface area (Å²) in [7, 11) is -4.07. The van der Waals surface area contributed by atoms with Gasteiger partial charge in [-0.25, -0.2) is 0 Å². The zero-order valence-electron chi connectivity index (χ0n) is 11.7. The van der Waals surface area contributed by atoms with Crippen molar-refractivity contribution in [2.24, 2.45) is 0 Å². The van der Waals surface area contributed by atoms with E-state index in [1.165, 1.54) is 12.1 Å². The number of benzene rings is 1. The number of hydrogen-bond donors (Lipinski definition) is 4. The number of aryl methyl sites for hydroxylation is 1. The molecule has 0 bridgehead atoms. The smallest absolute Gasteiger partial charge is 0.297 e. The average molecular weight is 334 g/mol. The van der Waals surface area contributed by atoms with Crippen molar-refractivity contribution in [1.29, 1.82) is 0 Å². The number of ether oxygens (including phenoxy) is 1. The van der Waals surface area contributed by atoms with Crippen LogP contribution in [0.5, 0.6) is 0 Å². The first-order valence-corrected chi connectivity index (χ1v) is 7.97. The van der Waals surface area contributed by atoms with E-state index in [1.54, 1.807) is 19.1 Å². The molecule has 1 heterocycles. The van der Waals surface area contributed by atoms with E-state index in [0.717, 1.165) is 5.56 Å². The fourth-order valence-electron chi connectivity index (χ4n) is 2.00. The van der Waals surface area contributed by atoms with E-state index in [-0.39, 0.29) is 4.90 Å². The first-order chi connectivity index (χ1) is 10.2. The second-order valence-electron chi connectivity index (χ2n) is 5.09. The molecule has 5 atom stereocenters. The monoisotopic (exact) mass is 334 g/mol. The molecule has 0 amide bonds. The van der Waals surface area contributed by atoms with Gasteiger partial charge in [-0.15, -0.1) is 0 Å². The molecule has 1 fully saturated rings. The summed E-state index contributed by atoms with van der Waals surface area (Å²) >= 11 is 0. The number of rotatable bonds is 4. The molecule has 0 radical (unpaired) electrons. The highest BCUT2D eigenvalue weighted by Crippen LogP contribution is 2.21. The van der Waals surface area contributed by atoms with Gasteiger partial charge in [0.05, 0.1) is 11.5 Å². The molecule has 8 nitrogen and oxygen atoms in total. The average Bonchev–Trinajstić information content (AvgIpc) is 2.48. The Hall–Kier alpha value is -1.07. The summed E-state index contributed by atoms with van der Waals surface area (Å²) in [6.07, 6.45) is -7.98. The summed E-state index contributed by atoms with van der Waals surface area (Å²) in [4.78, 5) is -0.0652. The third-order valence-electron chi connectivity index (χ3n) is 3.38. The third-order valence-corrected chi connectivity index (χ3v) is 4.68. The van der Waals surface area contributed by atoms with E-state index in [4.69, 9.17) is 8.92 Å². The van der Waals surface area contributed by atoms with Crippen LogP contribution in [0.15, 0.2) is 29.2 Å². The van der Waals surface area contributed by atoms with Gasteiger partial charge in [0, 0.05) is 0 Å². The Morgan fingerprint density at radius 1 is 1.05 bits per heavy atom. The van der Waals surface area contributed by atoms with Gasteiger partial charge in [0.2, 0.25) is 0 Å². The SMILES string of the molecule is Cc1ccc(S(=O)(=O)OCC2O[C@@H](O)C(O)C(O)[C@H]2O)cc1. The van der Waals surface area contributed by atoms with Crippen LogP contribution in [-0.2, 0) is 19.0 Å². The maximum Gasteiger partial charge on any atom is 0.297 e. The lowest BCUT2D eigenvalue weighted by molar-refractivity contribution is -0.285. The summed E-state index contributed by atoms with van der Waals surface area (Å²) in [5, 5.41) is 37.9. The minimum atomic E-state index is -4.07. The quantitative estimate of drug-likeness (QED) is 0.489. The van der Waals surface area contributed by atoms with Gasteiger partial charge in [0.1, 0.15) is 24.4 Å². The van der Waals surface area contributed by atoms with Crippen LogP contribution in [0.3, 0.4) is 0 Å². The summed E-state index contributed by atoms with van der Waals surface area (Å²) in [5.41, 5.74) is 0.880. The van der Waals surface area contributed by atoms with Gasteiger partial charge in [0.25, 0.3) is 10.1 Å². The Labute approximate surface area is 127 Å². The summed E-state index contributed by atoms with van der Waals surface area (Å²) in [6, 6.07) is 5.95. The van der Waals surface area contributed by atoms with Crippen molar-refractivity contribution in [3.05, 3.63) is 29.8 Å². The van der Waals surface area contributed by atoms with Gasteiger partial charge < -0.3 is 25.2 Å². The minimum Gasteiger partial charge on any atom is -0.387 e. The molecule has 0 aliphatic carbocycles. The molecule has 0 aromatic heterocycles. The van der Waals surface area contributed by atoms with Gasteiger partial charge in [-0.2, -0.15) is 8.42 Å². The van der Waals surface area contributed by atoms with Gasteiger partial charge in [-0.1, -0.05) is 17.7 Å². The third kappa shape index (κ3) is 3.63. The van der Waals surface area contributed by atoms with Gasteiger partial charge >= 0.3 is 0 Å². The lowest BCUT2D eigenvalue weighted by Crippen LogP contribution is -2.58.